The number of rotatable bonds is 7. The molecule has 1 aromatic heterocycles. The van der Waals surface area contributed by atoms with E-state index in [4.69, 9.17) is 16.3 Å². The van der Waals surface area contributed by atoms with Gasteiger partial charge < -0.3 is 10.1 Å². The standard InChI is InChI=1S/C25H21ClFN3O2/c1-17-13-24(28-25(31)21-9-5-6-10-22(21)27)29-30(17)15-19-14-20(26)11-12-23(19)32-16-18-7-3-2-4-8-18/h2-14H,15-16H2,1H3,(H,28,29,31). The number of hydrogen-bond donors (Lipinski definition) is 1. The fourth-order valence-electron chi connectivity index (χ4n) is 3.27. The van der Waals surface area contributed by atoms with Gasteiger partial charge in [-0.2, -0.15) is 5.10 Å². The van der Waals surface area contributed by atoms with Crippen molar-refractivity contribution in [2.24, 2.45) is 0 Å². The molecule has 0 fully saturated rings. The van der Waals surface area contributed by atoms with Crippen LogP contribution in [-0.4, -0.2) is 15.7 Å². The quantitative estimate of drug-likeness (QED) is 0.384. The zero-order chi connectivity index (χ0) is 22.5. The minimum atomic E-state index is -0.583. The van der Waals surface area contributed by atoms with Gasteiger partial charge in [0.25, 0.3) is 5.91 Å². The fraction of sp³-hybridized carbons (Fsp3) is 0.120. The number of aryl methyl sites for hydroxylation is 1. The van der Waals surface area contributed by atoms with Crippen molar-refractivity contribution in [3.05, 3.63) is 112 Å². The number of anilines is 1. The lowest BCUT2D eigenvalue weighted by Gasteiger charge is -2.13. The lowest BCUT2D eigenvalue weighted by Crippen LogP contribution is -2.14. The maximum Gasteiger partial charge on any atom is 0.259 e. The summed E-state index contributed by atoms with van der Waals surface area (Å²) >= 11 is 6.22. The van der Waals surface area contributed by atoms with E-state index in [1.54, 1.807) is 22.9 Å². The molecule has 0 saturated carbocycles. The van der Waals surface area contributed by atoms with E-state index < -0.39 is 11.7 Å². The Bertz CT molecular complexity index is 1240. The Morgan fingerprint density at radius 1 is 1.06 bits per heavy atom. The van der Waals surface area contributed by atoms with Gasteiger partial charge >= 0.3 is 0 Å². The molecular weight excluding hydrogens is 429 g/mol. The largest absolute Gasteiger partial charge is 0.489 e. The van der Waals surface area contributed by atoms with Crippen LogP contribution in [0.2, 0.25) is 5.02 Å². The molecule has 0 unspecified atom stereocenters. The first-order chi connectivity index (χ1) is 15.5. The first-order valence-corrected chi connectivity index (χ1v) is 10.4. The van der Waals surface area contributed by atoms with Crippen LogP contribution in [0, 0.1) is 12.7 Å². The van der Waals surface area contributed by atoms with E-state index in [0.717, 1.165) is 16.8 Å². The van der Waals surface area contributed by atoms with Crippen LogP contribution in [0.15, 0.2) is 78.9 Å². The summed E-state index contributed by atoms with van der Waals surface area (Å²) < 4.78 is 21.6. The maximum absolute atomic E-state index is 13.9. The van der Waals surface area contributed by atoms with Crippen LogP contribution < -0.4 is 10.1 Å². The molecular formula is C25H21ClFN3O2. The molecule has 0 atom stereocenters. The molecule has 0 bridgehead atoms. The molecule has 7 heteroatoms. The van der Waals surface area contributed by atoms with E-state index in [0.29, 0.717) is 29.7 Å². The highest BCUT2D eigenvalue weighted by Crippen LogP contribution is 2.26. The molecule has 0 aliphatic heterocycles. The fourth-order valence-corrected chi connectivity index (χ4v) is 3.46. The summed E-state index contributed by atoms with van der Waals surface area (Å²) in [4.78, 5) is 12.4. The van der Waals surface area contributed by atoms with Gasteiger partial charge in [-0.25, -0.2) is 4.39 Å². The zero-order valence-corrected chi connectivity index (χ0v) is 18.1. The Balaban J connectivity index is 1.51. The van der Waals surface area contributed by atoms with E-state index in [1.165, 1.54) is 18.2 Å². The average molecular weight is 450 g/mol. The molecule has 4 aromatic rings. The number of nitrogens with zero attached hydrogens (tertiary/aromatic N) is 2. The molecule has 32 heavy (non-hydrogen) atoms. The molecule has 4 rings (SSSR count). The molecule has 0 aliphatic rings. The van der Waals surface area contributed by atoms with Crippen molar-refractivity contribution in [3.63, 3.8) is 0 Å². The summed E-state index contributed by atoms with van der Waals surface area (Å²) in [5, 5.41) is 7.69. The van der Waals surface area contributed by atoms with Gasteiger partial charge in [-0.3, -0.25) is 9.48 Å². The van der Waals surface area contributed by atoms with E-state index >= 15 is 0 Å². The van der Waals surface area contributed by atoms with E-state index in [1.807, 2.05) is 49.4 Å². The highest BCUT2D eigenvalue weighted by atomic mass is 35.5. The van der Waals surface area contributed by atoms with Crippen LogP contribution in [-0.2, 0) is 13.2 Å². The molecule has 1 N–H and O–H groups in total. The molecule has 162 valence electrons. The number of hydrogen-bond acceptors (Lipinski definition) is 3. The van der Waals surface area contributed by atoms with E-state index in [9.17, 15) is 9.18 Å². The third-order valence-electron chi connectivity index (χ3n) is 4.92. The molecule has 0 radical (unpaired) electrons. The Hall–Kier alpha value is -3.64. The zero-order valence-electron chi connectivity index (χ0n) is 17.4. The van der Waals surface area contributed by atoms with E-state index in [2.05, 4.69) is 10.4 Å². The Kier molecular flexibility index (Phi) is 6.52. The average Bonchev–Trinajstić information content (AvgIpc) is 3.12. The minimum absolute atomic E-state index is 0.0360. The highest BCUT2D eigenvalue weighted by Gasteiger charge is 2.15. The summed E-state index contributed by atoms with van der Waals surface area (Å²) in [6.07, 6.45) is 0. The van der Waals surface area contributed by atoms with Crippen molar-refractivity contribution in [2.75, 3.05) is 5.32 Å². The summed E-state index contributed by atoms with van der Waals surface area (Å²) in [7, 11) is 0. The molecule has 0 saturated heterocycles. The van der Waals surface area contributed by atoms with Crippen LogP contribution in [0.5, 0.6) is 5.75 Å². The molecule has 3 aromatic carbocycles. The minimum Gasteiger partial charge on any atom is -0.489 e. The van der Waals surface area contributed by atoms with Gasteiger partial charge in [0.2, 0.25) is 0 Å². The summed E-state index contributed by atoms with van der Waals surface area (Å²) in [5.74, 6) is -0.0997. The smallest absolute Gasteiger partial charge is 0.259 e. The monoisotopic (exact) mass is 449 g/mol. The number of nitrogens with one attached hydrogen (secondary N) is 1. The number of benzene rings is 3. The van der Waals surface area contributed by atoms with Crippen LogP contribution in [0.25, 0.3) is 0 Å². The van der Waals surface area contributed by atoms with Crippen molar-refractivity contribution < 1.29 is 13.9 Å². The van der Waals surface area contributed by atoms with Gasteiger partial charge in [-0.15, -0.1) is 0 Å². The number of carbonyl (C=O) groups excluding carboxylic acids is 1. The van der Waals surface area contributed by atoms with Gasteiger partial charge in [0, 0.05) is 22.3 Å². The predicted molar refractivity (Wildman–Crippen MR) is 123 cm³/mol. The second kappa shape index (κ2) is 9.66. The Morgan fingerprint density at radius 2 is 1.81 bits per heavy atom. The van der Waals surface area contributed by atoms with Crippen LogP contribution in [0.1, 0.15) is 27.2 Å². The maximum atomic E-state index is 13.9. The Morgan fingerprint density at radius 3 is 2.59 bits per heavy atom. The van der Waals surface area contributed by atoms with Gasteiger partial charge in [0.15, 0.2) is 5.82 Å². The van der Waals surface area contributed by atoms with Gasteiger partial charge in [0.05, 0.1) is 12.1 Å². The third kappa shape index (κ3) is 5.15. The number of aromatic nitrogens is 2. The van der Waals surface area contributed by atoms with Gasteiger partial charge in [-0.1, -0.05) is 54.1 Å². The highest BCUT2D eigenvalue weighted by molar-refractivity contribution is 6.30. The third-order valence-corrected chi connectivity index (χ3v) is 5.16. The lowest BCUT2D eigenvalue weighted by atomic mass is 10.2. The SMILES string of the molecule is Cc1cc(NC(=O)c2ccccc2F)nn1Cc1cc(Cl)ccc1OCc1ccccc1. The summed E-state index contributed by atoms with van der Waals surface area (Å²) in [6, 6.07) is 22.9. The Labute approximate surface area is 190 Å². The second-order valence-electron chi connectivity index (χ2n) is 7.29. The van der Waals surface area contributed by atoms with Crippen LogP contribution in [0.4, 0.5) is 10.2 Å². The summed E-state index contributed by atoms with van der Waals surface area (Å²) in [6.45, 7) is 2.70. The van der Waals surface area contributed by atoms with Crippen LogP contribution in [0.3, 0.4) is 0 Å². The van der Waals surface area contributed by atoms with Crippen molar-refractivity contribution in [2.45, 2.75) is 20.1 Å². The van der Waals surface area contributed by atoms with Crippen molar-refractivity contribution in [1.82, 2.24) is 9.78 Å². The number of halogens is 2. The topological polar surface area (TPSA) is 56.2 Å². The van der Waals surface area contributed by atoms with Crippen molar-refractivity contribution in [1.29, 1.82) is 0 Å². The lowest BCUT2D eigenvalue weighted by molar-refractivity contribution is 0.102. The number of ether oxygens (including phenoxy) is 1. The molecule has 1 amide bonds. The summed E-state index contributed by atoms with van der Waals surface area (Å²) in [5.41, 5.74) is 2.70. The first kappa shape index (κ1) is 21.6. The van der Waals surface area contributed by atoms with Gasteiger partial charge in [0.1, 0.15) is 18.2 Å². The molecule has 5 nitrogen and oxygen atoms in total. The van der Waals surface area contributed by atoms with Gasteiger partial charge in [-0.05, 0) is 42.8 Å². The molecule has 1 heterocycles. The van der Waals surface area contributed by atoms with E-state index in [-0.39, 0.29) is 5.56 Å². The second-order valence-corrected chi connectivity index (χ2v) is 7.73. The van der Waals surface area contributed by atoms with Crippen molar-refractivity contribution in [3.8, 4) is 5.75 Å². The van der Waals surface area contributed by atoms with Crippen molar-refractivity contribution >= 4 is 23.3 Å². The molecule has 0 aliphatic carbocycles. The predicted octanol–water partition coefficient (Wildman–Crippen LogP) is 5.86. The number of amides is 1. The van der Waals surface area contributed by atoms with Crippen LogP contribution >= 0.6 is 11.6 Å². The first-order valence-electron chi connectivity index (χ1n) is 10.0. The molecule has 0 spiro atoms. The normalized spacial score (nSPS) is 10.7. The number of carbonyl (C=O) groups is 1.